The second kappa shape index (κ2) is 6.30. The Labute approximate surface area is 97.5 Å². The van der Waals surface area contributed by atoms with Crippen molar-refractivity contribution in [2.75, 3.05) is 20.3 Å². The average molecular weight is 237 g/mol. The minimum Gasteiger partial charge on any atom is -0.383 e. The van der Waals surface area contributed by atoms with Gasteiger partial charge in [-0.3, -0.25) is 4.79 Å². The molecule has 0 aliphatic carbocycles. The molecule has 4 nitrogen and oxygen atoms in total. The summed E-state index contributed by atoms with van der Waals surface area (Å²) in [6.07, 6.45) is 1.07. The fourth-order valence-electron chi connectivity index (χ4n) is 2.07. The van der Waals surface area contributed by atoms with Crippen molar-refractivity contribution in [2.45, 2.75) is 32.4 Å². The van der Waals surface area contributed by atoms with Crippen LogP contribution in [0.15, 0.2) is 0 Å². The summed E-state index contributed by atoms with van der Waals surface area (Å²) < 4.78 is 4.87. The van der Waals surface area contributed by atoms with E-state index in [0.29, 0.717) is 18.6 Å². The molecule has 1 saturated heterocycles. The van der Waals surface area contributed by atoms with Gasteiger partial charge in [-0.15, -0.1) is 12.4 Å². The molecule has 5 heteroatoms. The van der Waals surface area contributed by atoms with E-state index >= 15 is 0 Å². The molecular weight excluding hydrogens is 216 g/mol. The van der Waals surface area contributed by atoms with Crippen molar-refractivity contribution in [3.8, 4) is 0 Å². The fourth-order valence-corrected chi connectivity index (χ4v) is 2.07. The van der Waals surface area contributed by atoms with E-state index in [2.05, 4.69) is 13.8 Å². The number of halogens is 1. The monoisotopic (exact) mass is 236 g/mol. The maximum absolute atomic E-state index is 11.8. The number of carbonyl (C=O) groups excluding carboxylic acids is 1. The zero-order valence-electron chi connectivity index (χ0n) is 9.60. The standard InChI is InChI=1S/C10H20N2O2.ClH/c1-7-4-8(2)12(5-7)10(13)9(11)6-14-3;/h7-9H,4-6,11H2,1-3H3;1H. The quantitative estimate of drug-likeness (QED) is 0.783. The first-order valence-corrected chi connectivity index (χ1v) is 5.11. The Morgan fingerprint density at radius 1 is 1.60 bits per heavy atom. The van der Waals surface area contributed by atoms with Crippen LogP contribution in [0.4, 0.5) is 0 Å². The van der Waals surface area contributed by atoms with Gasteiger partial charge in [0.15, 0.2) is 0 Å². The summed E-state index contributed by atoms with van der Waals surface area (Å²) in [5.74, 6) is 0.604. The molecule has 0 aromatic rings. The SMILES string of the molecule is COCC(N)C(=O)N1CC(C)CC1C.Cl. The van der Waals surface area contributed by atoms with E-state index < -0.39 is 6.04 Å². The van der Waals surface area contributed by atoms with E-state index in [1.54, 1.807) is 7.11 Å². The van der Waals surface area contributed by atoms with Crippen LogP contribution in [0.1, 0.15) is 20.3 Å². The number of rotatable bonds is 3. The molecule has 3 unspecified atom stereocenters. The van der Waals surface area contributed by atoms with Gasteiger partial charge < -0.3 is 15.4 Å². The van der Waals surface area contributed by atoms with Gasteiger partial charge in [0.05, 0.1) is 6.61 Å². The van der Waals surface area contributed by atoms with Crippen LogP contribution >= 0.6 is 12.4 Å². The Bertz CT molecular complexity index is 214. The number of methoxy groups -OCH3 is 1. The lowest BCUT2D eigenvalue weighted by Gasteiger charge is -2.24. The van der Waals surface area contributed by atoms with Crippen molar-refractivity contribution in [2.24, 2.45) is 11.7 Å². The van der Waals surface area contributed by atoms with Crippen LogP contribution in [0.3, 0.4) is 0 Å². The minimum absolute atomic E-state index is 0. The molecule has 1 heterocycles. The van der Waals surface area contributed by atoms with Crippen molar-refractivity contribution in [1.82, 2.24) is 4.90 Å². The molecule has 1 aliphatic rings. The zero-order valence-corrected chi connectivity index (χ0v) is 10.4. The predicted molar refractivity (Wildman–Crippen MR) is 62.1 cm³/mol. The largest absolute Gasteiger partial charge is 0.383 e. The number of nitrogens with two attached hydrogens (primary N) is 1. The van der Waals surface area contributed by atoms with Crippen LogP contribution in [0.25, 0.3) is 0 Å². The first-order valence-electron chi connectivity index (χ1n) is 5.11. The number of likely N-dealkylation sites (tertiary alicyclic amines) is 1. The van der Waals surface area contributed by atoms with Crippen LogP contribution in [0.2, 0.25) is 0 Å². The van der Waals surface area contributed by atoms with Gasteiger partial charge in [0.1, 0.15) is 6.04 Å². The predicted octanol–water partition coefficient (Wildman–Crippen LogP) is 0.639. The second-order valence-electron chi connectivity index (χ2n) is 4.24. The van der Waals surface area contributed by atoms with Gasteiger partial charge in [-0.05, 0) is 19.3 Å². The molecule has 2 N–H and O–H groups in total. The lowest BCUT2D eigenvalue weighted by atomic mass is 10.1. The summed E-state index contributed by atoms with van der Waals surface area (Å²) in [6.45, 7) is 5.36. The number of nitrogens with zero attached hydrogens (tertiary/aromatic N) is 1. The maximum Gasteiger partial charge on any atom is 0.242 e. The Morgan fingerprint density at radius 2 is 2.20 bits per heavy atom. The number of carbonyl (C=O) groups is 1. The van der Waals surface area contributed by atoms with Crippen LogP contribution in [0, 0.1) is 5.92 Å². The van der Waals surface area contributed by atoms with Crippen molar-refractivity contribution in [3.63, 3.8) is 0 Å². The van der Waals surface area contributed by atoms with Crippen LogP contribution in [-0.2, 0) is 9.53 Å². The first-order chi connectivity index (χ1) is 6.56. The molecule has 3 atom stereocenters. The van der Waals surface area contributed by atoms with Crippen LogP contribution in [-0.4, -0.2) is 43.2 Å². The number of hydrogen-bond acceptors (Lipinski definition) is 3. The molecule has 0 radical (unpaired) electrons. The number of hydrogen-bond donors (Lipinski definition) is 1. The molecule has 1 fully saturated rings. The molecular formula is C10H21ClN2O2. The van der Waals surface area contributed by atoms with Gasteiger partial charge in [-0.1, -0.05) is 6.92 Å². The molecule has 90 valence electrons. The van der Waals surface area contributed by atoms with Crippen molar-refractivity contribution < 1.29 is 9.53 Å². The second-order valence-corrected chi connectivity index (χ2v) is 4.24. The first kappa shape index (κ1) is 14.7. The Morgan fingerprint density at radius 3 is 2.60 bits per heavy atom. The lowest BCUT2D eigenvalue weighted by Crippen LogP contribution is -2.47. The van der Waals surface area contributed by atoms with Gasteiger partial charge in [-0.25, -0.2) is 0 Å². The van der Waals surface area contributed by atoms with E-state index in [-0.39, 0.29) is 18.3 Å². The third-order valence-corrected chi connectivity index (χ3v) is 2.73. The average Bonchev–Trinajstić information content (AvgIpc) is 2.44. The van der Waals surface area contributed by atoms with Gasteiger partial charge in [0, 0.05) is 19.7 Å². The van der Waals surface area contributed by atoms with E-state index in [1.165, 1.54) is 0 Å². The third kappa shape index (κ3) is 3.63. The summed E-state index contributed by atoms with van der Waals surface area (Å²) in [7, 11) is 1.56. The van der Waals surface area contributed by atoms with Crippen LogP contribution in [0.5, 0.6) is 0 Å². The molecule has 1 amide bonds. The molecule has 1 aliphatic heterocycles. The minimum atomic E-state index is -0.507. The van der Waals surface area contributed by atoms with E-state index in [9.17, 15) is 4.79 Å². The van der Waals surface area contributed by atoms with Crippen molar-refractivity contribution in [3.05, 3.63) is 0 Å². The zero-order chi connectivity index (χ0) is 10.7. The molecule has 0 aromatic carbocycles. The topological polar surface area (TPSA) is 55.6 Å². The molecule has 0 saturated carbocycles. The summed E-state index contributed by atoms with van der Waals surface area (Å²) in [5.41, 5.74) is 5.70. The highest BCUT2D eigenvalue weighted by atomic mass is 35.5. The van der Waals surface area contributed by atoms with Crippen molar-refractivity contribution in [1.29, 1.82) is 0 Å². The van der Waals surface area contributed by atoms with Gasteiger partial charge >= 0.3 is 0 Å². The Balaban J connectivity index is 0.00000196. The highest BCUT2D eigenvalue weighted by Gasteiger charge is 2.32. The van der Waals surface area contributed by atoms with Gasteiger partial charge in [-0.2, -0.15) is 0 Å². The van der Waals surface area contributed by atoms with Crippen molar-refractivity contribution >= 4 is 18.3 Å². The summed E-state index contributed by atoms with van der Waals surface area (Å²) >= 11 is 0. The highest BCUT2D eigenvalue weighted by Crippen LogP contribution is 2.22. The molecule has 0 aromatic heterocycles. The molecule has 0 bridgehead atoms. The summed E-state index contributed by atoms with van der Waals surface area (Å²) in [4.78, 5) is 13.7. The summed E-state index contributed by atoms with van der Waals surface area (Å²) in [5, 5.41) is 0. The fraction of sp³-hybridized carbons (Fsp3) is 0.900. The summed E-state index contributed by atoms with van der Waals surface area (Å²) in [6, 6.07) is -0.187. The highest BCUT2D eigenvalue weighted by molar-refractivity contribution is 5.85. The van der Waals surface area contributed by atoms with E-state index in [4.69, 9.17) is 10.5 Å². The number of ether oxygens (including phenoxy) is 1. The Kier molecular flexibility index (Phi) is 6.17. The smallest absolute Gasteiger partial charge is 0.242 e. The molecule has 15 heavy (non-hydrogen) atoms. The van der Waals surface area contributed by atoms with Gasteiger partial charge in [0.25, 0.3) is 0 Å². The maximum atomic E-state index is 11.8. The molecule has 1 rings (SSSR count). The van der Waals surface area contributed by atoms with E-state index in [1.807, 2.05) is 4.90 Å². The normalized spacial score (nSPS) is 27.3. The lowest BCUT2D eigenvalue weighted by molar-refractivity contribution is -0.134. The third-order valence-electron chi connectivity index (χ3n) is 2.73. The van der Waals surface area contributed by atoms with Crippen LogP contribution < -0.4 is 5.73 Å². The number of amides is 1. The Hall–Kier alpha value is -0.320. The van der Waals surface area contributed by atoms with Gasteiger partial charge in [0.2, 0.25) is 5.91 Å². The molecule has 0 spiro atoms. The van der Waals surface area contributed by atoms with E-state index in [0.717, 1.165) is 13.0 Å².